The Morgan fingerprint density at radius 2 is 1.82 bits per heavy atom. The summed E-state index contributed by atoms with van der Waals surface area (Å²) in [6.07, 6.45) is 1.62. The maximum Gasteiger partial charge on any atom is 0.253 e. The van der Waals surface area contributed by atoms with Gasteiger partial charge in [-0.05, 0) is 62.0 Å². The number of H-pyrrole nitrogens is 1. The first-order valence-corrected chi connectivity index (χ1v) is 11.2. The number of pyridine rings is 1. The lowest BCUT2D eigenvalue weighted by atomic mass is 10.1. The van der Waals surface area contributed by atoms with Crippen LogP contribution in [0.3, 0.4) is 0 Å². The molecule has 0 aliphatic rings. The van der Waals surface area contributed by atoms with Gasteiger partial charge in [-0.25, -0.2) is 0 Å². The van der Waals surface area contributed by atoms with Gasteiger partial charge in [0.1, 0.15) is 5.76 Å². The first-order valence-electron chi connectivity index (χ1n) is 10.8. The number of fused-ring (bicyclic) bond motifs is 1. The van der Waals surface area contributed by atoms with E-state index in [2.05, 4.69) is 23.3 Å². The van der Waals surface area contributed by atoms with Crippen LogP contribution >= 0.6 is 12.2 Å². The molecule has 0 saturated carbocycles. The molecule has 0 amide bonds. The van der Waals surface area contributed by atoms with Crippen LogP contribution in [0.4, 0.5) is 5.69 Å². The Kier molecular flexibility index (Phi) is 6.88. The second-order valence-electron chi connectivity index (χ2n) is 8.10. The molecule has 2 heterocycles. The normalized spacial score (nSPS) is 10.8. The highest BCUT2D eigenvalue weighted by molar-refractivity contribution is 7.80. The van der Waals surface area contributed by atoms with Crippen LogP contribution in [0.2, 0.25) is 0 Å². The lowest BCUT2D eigenvalue weighted by molar-refractivity contribution is 0.355. The van der Waals surface area contributed by atoms with E-state index in [1.165, 1.54) is 5.56 Å². The molecule has 8 heteroatoms. The van der Waals surface area contributed by atoms with Gasteiger partial charge in [0.15, 0.2) is 16.6 Å². The Bertz CT molecular complexity index is 1380. The van der Waals surface area contributed by atoms with Gasteiger partial charge >= 0.3 is 0 Å². The molecule has 2 N–H and O–H groups in total. The summed E-state index contributed by atoms with van der Waals surface area (Å²) < 4.78 is 16.3. The van der Waals surface area contributed by atoms with E-state index in [9.17, 15) is 4.79 Å². The Hall–Kier alpha value is -3.78. The fourth-order valence-electron chi connectivity index (χ4n) is 3.84. The lowest BCUT2D eigenvalue weighted by Gasteiger charge is -2.25. The molecule has 0 fully saturated rings. The highest BCUT2D eigenvalue weighted by atomic mass is 32.1. The van der Waals surface area contributed by atoms with Crippen molar-refractivity contribution in [2.45, 2.75) is 26.9 Å². The standard InChI is InChI=1S/C26H27N3O4S/c1-16-7-8-21(17(2)10-16)28-26(34)29(15-20-6-5-9-33-20)14-19-11-18-12-23(31-3)24(32-4)13-22(18)27-25(19)30/h5-13H,14-15H2,1-4H3,(H,27,30)(H,28,34). The number of methoxy groups -OCH3 is 2. The Morgan fingerprint density at radius 1 is 1.06 bits per heavy atom. The quantitative estimate of drug-likeness (QED) is 0.356. The van der Waals surface area contributed by atoms with Crippen molar-refractivity contribution in [3.63, 3.8) is 0 Å². The molecule has 4 rings (SSSR count). The molecular formula is C26H27N3O4S. The average molecular weight is 478 g/mol. The first kappa shape index (κ1) is 23.4. The number of benzene rings is 2. The maximum absolute atomic E-state index is 13.0. The zero-order valence-corrected chi connectivity index (χ0v) is 20.4. The minimum absolute atomic E-state index is 0.196. The van der Waals surface area contributed by atoms with E-state index in [1.54, 1.807) is 26.5 Å². The summed E-state index contributed by atoms with van der Waals surface area (Å²) in [5.74, 6) is 1.89. The van der Waals surface area contributed by atoms with E-state index < -0.39 is 0 Å². The molecule has 176 valence electrons. The lowest BCUT2D eigenvalue weighted by Crippen LogP contribution is -2.35. The summed E-state index contributed by atoms with van der Waals surface area (Å²) in [6, 6.07) is 15.3. The smallest absolute Gasteiger partial charge is 0.253 e. The van der Waals surface area contributed by atoms with Crippen molar-refractivity contribution in [1.82, 2.24) is 9.88 Å². The highest BCUT2D eigenvalue weighted by Gasteiger charge is 2.17. The third-order valence-corrected chi connectivity index (χ3v) is 5.98. The number of furan rings is 1. The van der Waals surface area contributed by atoms with E-state index in [1.807, 2.05) is 48.2 Å². The molecule has 0 aliphatic carbocycles. The van der Waals surface area contributed by atoms with Crippen LogP contribution in [0.15, 0.2) is 64.0 Å². The molecule has 0 unspecified atom stereocenters. The van der Waals surface area contributed by atoms with E-state index in [0.717, 1.165) is 22.4 Å². The molecule has 34 heavy (non-hydrogen) atoms. The van der Waals surface area contributed by atoms with Crippen LogP contribution in [0.25, 0.3) is 10.9 Å². The molecule has 0 atom stereocenters. The number of anilines is 1. The number of nitrogens with one attached hydrogen (secondary N) is 2. The number of hydrogen-bond donors (Lipinski definition) is 2. The van der Waals surface area contributed by atoms with E-state index >= 15 is 0 Å². The van der Waals surface area contributed by atoms with Gasteiger partial charge in [-0.15, -0.1) is 0 Å². The zero-order chi connectivity index (χ0) is 24.2. The molecule has 7 nitrogen and oxygen atoms in total. The van der Waals surface area contributed by atoms with Gasteiger partial charge < -0.3 is 29.1 Å². The monoisotopic (exact) mass is 477 g/mol. The van der Waals surface area contributed by atoms with Gasteiger partial charge in [-0.3, -0.25) is 4.79 Å². The topological polar surface area (TPSA) is 79.7 Å². The molecule has 2 aromatic heterocycles. The summed E-state index contributed by atoms with van der Waals surface area (Å²) in [5.41, 5.74) is 4.22. The van der Waals surface area contributed by atoms with Crippen molar-refractivity contribution in [1.29, 1.82) is 0 Å². The number of thiocarbonyl (C=S) groups is 1. The van der Waals surface area contributed by atoms with Crippen LogP contribution < -0.4 is 20.3 Å². The van der Waals surface area contributed by atoms with Crippen molar-refractivity contribution in [3.8, 4) is 11.5 Å². The first-order chi connectivity index (χ1) is 16.4. The fourth-order valence-corrected chi connectivity index (χ4v) is 4.08. The van der Waals surface area contributed by atoms with E-state index in [0.29, 0.717) is 34.2 Å². The minimum Gasteiger partial charge on any atom is -0.493 e. The van der Waals surface area contributed by atoms with Crippen molar-refractivity contribution < 1.29 is 13.9 Å². The van der Waals surface area contributed by atoms with E-state index in [4.69, 9.17) is 26.1 Å². The number of hydrogen-bond acceptors (Lipinski definition) is 5. The van der Waals surface area contributed by atoms with Gasteiger partial charge in [0.2, 0.25) is 0 Å². The van der Waals surface area contributed by atoms with Gasteiger partial charge in [0.05, 0.1) is 39.1 Å². The summed E-state index contributed by atoms with van der Waals surface area (Å²) in [4.78, 5) is 17.8. The second kappa shape index (κ2) is 10.0. The number of aromatic nitrogens is 1. The minimum atomic E-state index is -0.196. The zero-order valence-electron chi connectivity index (χ0n) is 19.6. The summed E-state index contributed by atoms with van der Waals surface area (Å²) in [5, 5.41) is 4.65. The van der Waals surface area contributed by atoms with Gasteiger partial charge in [0.25, 0.3) is 5.56 Å². The Morgan fingerprint density at radius 3 is 2.50 bits per heavy atom. The summed E-state index contributed by atoms with van der Waals surface area (Å²) in [7, 11) is 3.14. The van der Waals surface area contributed by atoms with Crippen molar-refractivity contribution in [3.05, 3.63) is 87.6 Å². The predicted molar refractivity (Wildman–Crippen MR) is 138 cm³/mol. The molecule has 2 aromatic carbocycles. The average Bonchev–Trinajstić information content (AvgIpc) is 3.33. The molecule has 4 aromatic rings. The Balaban J connectivity index is 1.67. The van der Waals surface area contributed by atoms with Crippen molar-refractivity contribution >= 4 is 33.9 Å². The largest absolute Gasteiger partial charge is 0.493 e. The number of nitrogens with zero attached hydrogens (tertiary/aromatic N) is 1. The molecular weight excluding hydrogens is 450 g/mol. The second-order valence-corrected chi connectivity index (χ2v) is 8.49. The van der Waals surface area contributed by atoms with Crippen molar-refractivity contribution in [2.75, 3.05) is 19.5 Å². The maximum atomic E-state index is 13.0. The number of ether oxygens (including phenoxy) is 2. The van der Waals surface area contributed by atoms with Crippen LogP contribution in [0.1, 0.15) is 22.5 Å². The van der Waals surface area contributed by atoms with Crippen LogP contribution in [0, 0.1) is 13.8 Å². The Labute approximate surface area is 203 Å². The van der Waals surface area contributed by atoms with Crippen LogP contribution in [-0.4, -0.2) is 29.2 Å². The van der Waals surface area contributed by atoms with Gasteiger partial charge in [-0.1, -0.05) is 17.7 Å². The van der Waals surface area contributed by atoms with Gasteiger partial charge in [-0.2, -0.15) is 0 Å². The molecule has 0 bridgehead atoms. The van der Waals surface area contributed by atoms with Crippen molar-refractivity contribution in [2.24, 2.45) is 0 Å². The van der Waals surface area contributed by atoms with E-state index in [-0.39, 0.29) is 12.1 Å². The highest BCUT2D eigenvalue weighted by Crippen LogP contribution is 2.31. The summed E-state index contributed by atoms with van der Waals surface area (Å²) in [6.45, 7) is 4.78. The predicted octanol–water partition coefficient (Wildman–Crippen LogP) is 5.15. The number of rotatable bonds is 7. The van der Waals surface area contributed by atoms with Crippen LogP contribution in [-0.2, 0) is 13.1 Å². The molecule has 0 radical (unpaired) electrons. The third-order valence-electron chi connectivity index (χ3n) is 5.62. The molecule has 0 saturated heterocycles. The fraction of sp³-hybridized carbons (Fsp3) is 0.231. The molecule has 0 aliphatic heterocycles. The SMILES string of the molecule is COc1cc2cc(CN(Cc3ccco3)C(=S)Nc3ccc(C)cc3C)c(=O)[nH]c2cc1OC. The third kappa shape index (κ3) is 5.07. The van der Waals surface area contributed by atoms with Gasteiger partial charge in [0, 0.05) is 22.7 Å². The number of aryl methyl sites for hydroxylation is 2. The molecule has 0 spiro atoms. The summed E-state index contributed by atoms with van der Waals surface area (Å²) >= 11 is 5.76. The number of aromatic amines is 1. The van der Waals surface area contributed by atoms with Crippen LogP contribution in [0.5, 0.6) is 11.5 Å².